The van der Waals surface area contributed by atoms with Crippen LogP contribution in [0, 0.1) is 5.92 Å². The van der Waals surface area contributed by atoms with Gasteiger partial charge in [0.25, 0.3) is 0 Å². The molecule has 1 aromatic heterocycles. The summed E-state index contributed by atoms with van der Waals surface area (Å²) in [5, 5.41) is 0.768. The highest BCUT2D eigenvalue weighted by atomic mass is 35.5. The van der Waals surface area contributed by atoms with Crippen molar-refractivity contribution in [2.45, 2.75) is 46.1 Å². The average molecular weight is 474 g/mol. The van der Waals surface area contributed by atoms with Gasteiger partial charge in [0.1, 0.15) is 0 Å². The number of hydrogen-bond acceptors (Lipinski definition) is 2. The molecule has 0 amide bonds. The van der Waals surface area contributed by atoms with Gasteiger partial charge in [-0.2, -0.15) is 0 Å². The Morgan fingerprint density at radius 3 is 2.53 bits per heavy atom. The zero-order valence-corrected chi connectivity index (χ0v) is 21.3. The molecule has 5 rings (SSSR count). The summed E-state index contributed by atoms with van der Waals surface area (Å²) in [5.41, 5.74) is 8.91. The molecule has 1 saturated heterocycles. The van der Waals surface area contributed by atoms with E-state index in [4.69, 9.17) is 11.6 Å². The molecule has 0 aliphatic carbocycles. The maximum absolute atomic E-state index is 6.08. The zero-order valence-electron chi connectivity index (χ0n) is 20.6. The van der Waals surface area contributed by atoms with E-state index in [9.17, 15) is 0 Å². The van der Waals surface area contributed by atoms with E-state index >= 15 is 0 Å². The van der Waals surface area contributed by atoms with E-state index in [1.165, 1.54) is 72.5 Å². The fraction of sp³-hybridized carbons (Fsp3) is 0.400. The van der Waals surface area contributed by atoms with Crippen LogP contribution < -0.4 is 4.90 Å². The zero-order chi connectivity index (χ0) is 23.7. The maximum atomic E-state index is 6.08. The van der Waals surface area contributed by atoms with Crippen molar-refractivity contribution in [1.29, 1.82) is 0 Å². The molecule has 4 heteroatoms. The van der Waals surface area contributed by atoms with Gasteiger partial charge in [-0.15, -0.1) is 0 Å². The molecule has 2 aromatic carbocycles. The Morgan fingerprint density at radius 2 is 1.79 bits per heavy atom. The molecule has 3 aromatic rings. The molecule has 2 aliphatic rings. The third kappa shape index (κ3) is 4.82. The predicted octanol–water partition coefficient (Wildman–Crippen LogP) is 7.14. The largest absolute Gasteiger partial charge is 0.344 e. The first kappa shape index (κ1) is 23.3. The Hall–Kier alpha value is -2.49. The lowest BCUT2D eigenvalue weighted by Gasteiger charge is -2.33. The normalized spacial score (nSPS) is 18.5. The van der Waals surface area contributed by atoms with Gasteiger partial charge in [0.2, 0.25) is 0 Å². The summed E-state index contributed by atoms with van der Waals surface area (Å²) in [6.07, 6.45) is 7.09. The predicted molar refractivity (Wildman–Crippen MR) is 146 cm³/mol. The van der Waals surface area contributed by atoms with E-state index in [1.54, 1.807) is 0 Å². The third-order valence-electron chi connectivity index (χ3n) is 7.57. The van der Waals surface area contributed by atoms with Crippen LogP contribution in [0.2, 0.25) is 5.02 Å². The number of anilines is 1. The summed E-state index contributed by atoms with van der Waals surface area (Å²) in [7, 11) is 0. The fourth-order valence-corrected chi connectivity index (χ4v) is 5.71. The monoisotopic (exact) mass is 473 g/mol. The molecule has 0 N–H and O–H groups in total. The van der Waals surface area contributed by atoms with Crippen molar-refractivity contribution in [3.8, 4) is 11.1 Å². The van der Waals surface area contributed by atoms with Gasteiger partial charge in [0.05, 0.1) is 11.4 Å². The Labute approximate surface area is 209 Å². The summed E-state index contributed by atoms with van der Waals surface area (Å²) in [6.45, 7) is 14.8. The van der Waals surface area contributed by atoms with Crippen LogP contribution in [-0.2, 0) is 19.4 Å². The maximum Gasteiger partial charge on any atom is 0.0648 e. The Morgan fingerprint density at radius 1 is 0.971 bits per heavy atom. The molecule has 178 valence electrons. The summed E-state index contributed by atoms with van der Waals surface area (Å²) < 4.78 is 2.33. The van der Waals surface area contributed by atoms with Gasteiger partial charge in [-0.25, -0.2) is 0 Å². The lowest BCUT2D eigenvalue weighted by Crippen LogP contribution is -2.31. The number of nitrogens with zero attached hydrogens (tertiary/aromatic N) is 3. The number of hydrogen-bond donors (Lipinski definition) is 0. The van der Waals surface area contributed by atoms with Gasteiger partial charge in [-0.05, 0) is 91.7 Å². The number of fused-ring (bicyclic) bond motifs is 1. The number of rotatable bonds is 7. The number of likely N-dealkylation sites (tertiary alicyclic amines) is 1. The second kappa shape index (κ2) is 10.0. The molecule has 0 bridgehead atoms. The average Bonchev–Trinajstić information content (AvgIpc) is 3.47. The first-order chi connectivity index (χ1) is 16.5. The van der Waals surface area contributed by atoms with Gasteiger partial charge in [-0.1, -0.05) is 50.2 Å². The molecular formula is C30H36ClN3. The molecule has 3 heterocycles. The molecule has 1 atom stereocenters. The molecule has 34 heavy (non-hydrogen) atoms. The minimum Gasteiger partial charge on any atom is -0.344 e. The van der Waals surface area contributed by atoms with E-state index in [2.05, 4.69) is 77.4 Å². The highest BCUT2D eigenvalue weighted by molar-refractivity contribution is 6.30. The summed E-state index contributed by atoms with van der Waals surface area (Å²) in [5.74, 6) is 0.867. The Kier molecular flexibility index (Phi) is 6.85. The highest BCUT2D eigenvalue weighted by Crippen LogP contribution is 2.34. The van der Waals surface area contributed by atoms with Crippen LogP contribution in [0.15, 0.2) is 61.3 Å². The van der Waals surface area contributed by atoms with Crippen LogP contribution in [0.5, 0.6) is 0 Å². The smallest absolute Gasteiger partial charge is 0.0648 e. The van der Waals surface area contributed by atoms with Gasteiger partial charge in [0, 0.05) is 42.1 Å². The van der Waals surface area contributed by atoms with E-state index in [0.29, 0.717) is 0 Å². The van der Waals surface area contributed by atoms with Crippen LogP contribution in [0.4, 0.5) is 5.69 Å². The molecule has 0 unspecified atom stereocenters. The second-order valence-corrected chi connectivity index (χ2v) is 10.5. The molecule has 3 nitrogen and oxygen atoms in total. The van der Waals surface area contributed by atoms with E-state index in [-0.39, 0.29) is 0 Å². The quantitative estimate of drug-likeness (QED) is 0.361. The van der Waals surface area contributed by atoms with Crippen LogP contribution in [-0.4, -0.2) is 35.6 Å². The molecular weight excluding hydrogens is 438 g/mol. The topological polar surface area (TPSA) is 11.4 Å². The van der Waals surface area contributed by atoms with Crippen LogP contribution in [0.25, 0.3) is 16.8 Å². The second-order valence-electron chi connectivity index (χ2n) is 10.0. The van der Waals surface area contributed by atoms with Crippen LogP contribution in [0.1, 0.15) is 43.5 Å². The van der Waals surface area contributed by atoms with Crippen LogP contribution >= 0.6 is 11.6 Å². The summed E-state index contributed by atoms with van der Waals surface area (Å²) >= 11 is 6.08. The number of aromatic nitrogens is 1. The van der Waals surface area contributed by atoms with Gasteiger partial charge >= 0.3 is 0 Å². The molecule has 0 saturated carbocycles. The van der Waals surface area contributed by atoms with Crippen LogP contribution in [0.3, 0.4) is 0 Å². The SMILES string of the molecule is C=C1c2cc(-c3ccc(Cl)cc3)cn2CCN1c1ccc(CCCN2CC[C@H](C)C2)c(CC)c1. The lowest BCUT2D eigenvalue weighted by atomic mass is 9.99. The van der Waals surface area contributed by atoms with Crippen molar-refractivity contribution in [3.63, 3.8) is 0 Å². The van der Waals surface area contributed by atoms with E-state index in [0.717, 1.165) is 36.1 Å². The third-order valence-corrected chi connectivity index (χ3v) is 7.82. The number of aryl methyl sites for hydroxylation is 2. The van der Waals surface area contributed by atoms with Crippen molar-refractivity contribution in [1.82, 2.24) is 9.47 Å². The van der Waals surface area contributed by atoms with Crippen molar-refractivity contribution in [2.24, 2.45) is 5.92 Å². The first-order valence-corrected chi connectivity index (χ1v) is 13.2. The van der Waals surface area contributed by atoms with Crippen molar-refractivity contribution >= 4 is 23.0 Å². The standard InChI is InChI=1S/C30H36ClN3/c1-4-24-18-29(12-9-25(24)6-5-14-32-15-13-22(2)20-32)34-17-16-33-21-27(19-30(33)23(34)3)26-7-10-28(31)11-8-26/h7-12,18-19,21-22H,3-6,13-17,20H2,1-2H3/t22-/m0/s1. The minimum atomic E-state index is 0.768. The molecule has 0 radical (unpaired) electrons. The van der Waals surface area contributed by atoms with Gasteiger partial charge in [-0.3, -0.25) is 0 Å². The van der Waals surface area contributed by atoms with E-state index < -0.39 is 0 Å². The first-order valence-electron chi connectivity index (χ1n) is 12.8. The Balaban J connectivity index is 1.29. The fourth-order valence-electron chi connectivity index (χ4n) is 5.58. The van der Waals surface area contributed by atoms with Crippen molar-refractivity contribution in [2.75, 3.05) is 31.1 Å². The Bertz CT molecular complexity index is 1160. The molecule has 1 fully saturated rings. The van der Waals surface area contributed by atoms with Crippen molar-refractivity contribution in [3.05, 3.63) is 83.2 Å². The molecule has 2 aliphatic heterocycles. The van der Waals surface area contributed by atoms with Gasteiger partial charge < -0.3 is 14.4 Å². The summed E-state index contributed by atoms with van der Waals surface area (Å²) in [4.78, 5) is 5.02. The number of halogens is 1. The number of benzene rings is 2. The van der Waals surface area contributed by atoms with Crippen molar-refractivity contribution < 1.29 is 0 Å². The van der Waals surface area contributed by atoms with Gasteiger partial charge in [0.15, 0.2) is 0 Å². The summed E-state index contributed by atoms with van der Waals surface area (Å²) in [6, 6.07) is 17.4. The molecule has 0 spiro atoms. The minimum absolute atomic E-state index is 0.768. The highest BCUT2D eigenvalue weighted by Gasteiger charge is 2.23. The lowest BCUT2D eigenvalue weighted by molar-refractivity contribution is 0.323. The van der Waals surface area contributed by atoms with E-state index in [1.807, 2.05) is 12.1 Å².